The van der Waals surface area contributed by atoms with Crippen molar-refractivity contribution in [2.45, 2.75) is 76.1 Å². The number of hydrogen-bond acceptors (Lipinski definition) is 3. The van der Waals surface area contributed by atoms with Crippen LogP contribution in [0.5, 0.6) is 0 Å². The van der Waals surface area contributed by atoms with E-state index in [9.17, 15) is 15.3 Å². The van der Waals surface area contributed by atoms with Crippen LogP contribution in [-0.2, 0) is 0 Å². The molecule has 130 valence electrons. The zero-order chi connectivity index (χ0) is 16.6. The average molecular weight is 341 g/mol. The summed E-state index contributed by atoms with van der Waals surface area (Å²) in [6.07, 6.45) is 6.16. The van der Waals surface area contributed by atoms with Gasteiger partial charge in [0.05, 0.1) is 23.7 Å². The second kappa shape index (κ2) is 5.20. The van der Waals surface area contributed by atoms with Gasteiger partial charge in [-0.2, -0.15) is 0 Å². The molecule has 3 N–H and O–H groups in total. The van der Waals surface area contributed by atoms with Crippen LogP contribution < -0.4 is 0 Å². The Bertz CT molecular complexity index is 535. The fraction of sp³-hybridized carbons (Fsp3) is 0.895. The molecule has 4 rings (SSSR count). The van der Waals surface area contributed by atoms with Crippen molar-refractivity contribution in [1.82, 2.24) is 0 Å². The second-order valence-corrected chi connectivity index (χ2v) is 9.58. The third kappa shape index (κ3) is 2.13. The third-order valence-corrected chi connectivity index (χ3v) is 8.46. The van der Waals surface area contributed by atoms with E-state index in [1.807, 2.05) is 6.08 Å². The zero-order valence-corrected chi connectivity index (χ0v) is 14.8. The number of hydrogen-bond donors (Lipinski definition) is 3. The summed E-state index contributed by atoms with van der Waals surface area (Å²) in [6.45, 7) is 4.51. The molecule has 0 radical (unpaired) electrons. The minimum absolute atomic E-state index is 0.0970. The van der Waals surface area contributed by atoms with E-state index in [-0.39, 0.29) is 34.3 Å². The van der Waals surface area contributed by atoms with Crippen molar-refractivity contribution < 1.29 is 15.3 Å². The summed E-state index contributed by atoms with van der Waals surface area (Å²) in [7, 11) is 0. The lowest BCUT2D eigenvalue weighted by molar-refractivity contribution is -0.121. The molecule has 3 fully saturated rings. The van der Waals surface area contributed by atoms with Crippen LogP contribution in [0.25, 0.3) is 0 Å². The van der Waals surface area contributed by atoms with E-state index < -0.39 is 6.10 Å². The maximum atomic E-state index is 10.9. The molecule has 0 aromatic rings. The quantitative estimate of drug-likeness (QED) is 0.469. The van der Waals surface area contributed by atoms with E-state index >= 15 is 0 Å². The summed E-state index contributed by atoms with van der Waals surface area (Å²) in [5.41, 5.74) is 1.20. The van der Waals surface area contributed by atoms with Crippen LogP contribution in [0.2, 0.25) is 0 Å². The fourth-order valence-electron chi connectivity index (χ4n) is 6.62. The highest BCUT2D eigenvalue weighted by atomic mass is 35.5. The molecule has 3 nitrogen and oxygen atoms in total. The average Bonchev–Trinajstić information content (AvgIpc) is 2.73. The molecular formula is C19H29ClO3. The van der Waals surface area contributed by atoms with Crippen molar-refractivity contribution in [1.29, 1.82) is 0 Å². The van der Waals surface area contributed by atoms with E-state index in [4.69, 9.17) is 11.6 Å². The molecule has 0 amide bonds. The minimum atomic E-state index is -0.458. The molecule has 0 bridgehead atoms. The van der Waals surface area contributed by atoms with Gasteiger partial charge < -0.3 is 15.3 Å². The van der Waals surface area contributed by atoms with E-state index in [0.717, 1.165) is 32.1 Å². The van der Waals surface area contributed by atoms with Gasteiger partial charge in [0.15, 0.2) is 0 Å². The number of rotatable bonds is 0. The van der Waals surface area contributed by atoms with Crippen molar-refractivity contribution in [3.8, 4) is 0 Å². The summed E-state index contributed by atoms with van der Waals surface area (Å²) in [5.74, 6) is 0.973. The molecule has 0 aromatic carbocycles. The first-order valence-corrected chi connectivity index (χ1v) is 9.60. The molecule has 0 heterocycles. The van der Waals surface area contributed by atoms with Gasteiger partial charge in [-0.25, -0.2) is 0 Å². The number of halogens is 1. The Balaban J connectivity index is 1.73. The zero-order valence-electron chi connectivity index (χ0n) is 14.1. The largest absolute Gasteiger partial charge is 0.392 e. The number of fused-ring (bicyclic) bond motifs is 5. The van der Waals surface area contributed by atoms with Gasteiger partial charge in [-0.3, -0.25) is 0 Å². The van der Waals surface area contributed by atoms with Crippen LogP contribution in [0.15, 0.2) is 11.6 Å². The molecule has 4 heteroatoms. The summed E-state index contributed by atoms with van der Waals surface area (Å²) >= 11 is 6.42. The van der Waals surface area contributed by atoms with Crippen LogP contribution >= 0.6 is 11.6 Å². The number of aliphatic hydroxyl groups is 3. The molecule has 9 atom stereocenters. The van der Waals surface area contributed by atoms with Crippen LogP contribution in [0, 0.1) is 28.6 Å². The maximum Gasteiger partial charge on any atom is 0.0760 e. The molecule has 0 spiro atoms. The predicted molar refractivity (Wildman–Crippen MR) is 90.1 cm³/mol. The summed E-state index contributed by atoms with van der Waals surface area (Å²) in [6, 6.07) is 0. The van der Waals surface area contributed by atoms with Gasteiger partial charge in [0.1, 0.15) is 0 Å². The lowest BCUT2D eigenvalue weighted by atomic mass is 9.46. The van der Waals surface area contributed by atoms with Crippen molar-refractivity contribution in [3.05, 3.63) is 11.6 Å². The summed E-state index contributed by atoms with van der Waals surface area (Å²) in [5, 5.41) is 31.3. The highest BCUT2D eigenvalue weighted by molar-refractivity contribution is 6.21. The van der Waals surface area contributed by atoms with Gasteiger partial charge in [0, 0.05) is 0 Å². The summed E-state index contributed by atoms with van der Waals surface area (Å²) < 4.78 is 0. The van der Waals surface area contributed by atoms with E-state index in [1.165, 1.54) is 5.57 Å². The van der Waals surface area contributed by atoms with E-state index in [2.05, 4.69) is 13.8 Å². The predicted octanol–water partition coefficient (Wildman–Crippen LogP) is 2.86. The van der Waals surface area contributed by atoms with Crippen molar-refractivity contribution in [2.24, 2.45) is 28.6 Å². The Hall–Kier alpha value is -0.0900. The highest BCUT2D eigenvalue weighted by Gasteiger charge is 2.62. The van der Waals surface area contributed by atoms with E-state index in [1.54, 1.807) is 0 Å². The van der Waals surface area contributed by atoms with Gasteiger partial charge >= 0.3 is 0 Å². The molecular weight excluding hydrogens is 312 g/mol. The van der Waals surface area contributed by atoms with Crippen LogP contribution in [0.3, 0.4) is 0 Å². The van der Waals surface area contributed by atoms with Crippen LogP contribution in [0.4, 0.5) is 0 Å². The monoisotopic (exact) mass is 340 g/mol. The molecule has 4 aliphatic carbocycles. The first-order valence-electron chi connectivity index (χ1n) is 9.17. The Labute approximate surface area is 143 Å². The van der Waals surface area contributed by atoms with Crippen molar-refractivity contribution in [2.75, 3.05) is 0 Å². The normalized spacial score (nSPS) is 58.9. The van der Waals surface area contributed by atoms with Gasteiger partial charge in [-0.05, 0) is 67.1 Å². The number of alkyl halides is 1. The molecule has 0 aliphatic heterocycles. The molecule has 3 saturated carbocycles. The van der Waals surface area contributed by atoms with E-state index in [0.29, 0.717) is 18.3 Å². The molecule has 0 saturated heterocycles. The smallest absolute Gasteiger partial charge is 0.0760 e. The van der Waals surface area contributed by atoms with Gasteiger partial charge in [0.25, 0.3) is 0 Å². The molecule has 4 unspecified atom stereocenters. The molecule has 4 aliphatic rings. The van der Waals surface area contributed by atoms with Gasteiger partial charge in [-0.1, -0.05) is 25.5 Å². The standard InChI is InChI=1S/C19H29ClO3/c1-18-5-3-11(21)7-10(18)8-15(22)16-12(18)4-6-19(2)13(16)9-14(20)17(19)23/h7,11-17,21-23H,3-6,8-9H2,1-2H3/t11?,12-,13+,14?,15?,16-,17?,18+,19+/m1/s1. The van der Waals surface area contributed by atoms with Crippen LogP contribution in [0.1, 0.15) is 52.4 Å². The number of aliphatic hydroxyl groups excluding tert-OH is 3. The van der Waals surface area contributed by atoms with Gasteiger partial charge in [0.2, 0.25) is 0 Å². The first kappa shape index (κ1) is 16.4. The SMILES string of the molecule is C[C@]12CCC(O)C=C1CC(O)[C@@H]1[C@H]2CC[C@]2(C)C(O)C(Cl)C[C@@H]12. The Morgan fingerprint density at radius 3 is 2.57 bits per heavy atom. The second-order valence-electron chi connectivity index (χ2n) is 9.02. The summed E-state index contributed by atoms with van der Waals surface area (Å²) in [4.78, 5) is 0. The third-order valence-electron chi connectivity index (χ3n) is 8.05. The Morgan fingerprint density at radius 1 is 1.09 bits per heavy atom. The molecule has 23 heavy (non-hydrogen) atoms. The van der Waals surface area contributed by atoms with Crippen LogP contribution in [-0.4, -0.2) is 39.0 Å². The Kier molecular flexibility index (Phi) is 3.71. The minimum Gasteiger partial charge on any atom is -0.392 e. The first-order chi connectivity index (χ1) is 10.8. The maximum absolute atomic E-state index is 10.9. The topological polar surface area (TPSA) is 60.7 Å². The van der Waals surface area contributed by atoms with Crippen molar-refractivity contribution >= 4 is 11.6 Å². The van der Waals surface area contributed by atoms with Gasteiger partial charge in [-0.15, -0.1) is 11.6 Å². The molecule has 0 aromatic heterocycles. The lowest BCUT2D eigenvalue weighted by Gasteiger charge is -2.59. The van der Waals surface area contributed by atoms with Crippen molar-refractivity contribution in [3.63, 3.8) is 0 Å². The lowest BCUT2D eigenvalue weighted by Crippen LogP contribution is -2.56. The fourth-order valence-corrected chi connectivity index (χ4v) is 7.10. The Morgan fingerprint density at radius 2 is 1.83 bits per heavy atom. The highest BCUT2D eigenvalue weighted by Crippen LogP contribution is 2.65.